The Morgan fingerprint density at radius 2 is 1.81 bits per heavy atom. The molecule has 0 atom stereocenters. The van der Waals surface area contributed by atoms with E-state index in [1.807, 2.05) is 26.4 Å². The van der Waals surface area contributed by atoms with Gasteiger partial charge in [-0.25, -0.2) is 4.98 Å². The van der Waals surface area contributed by atoms with Gasteiger partial charge in [-0.3, -0.25) is 0 Å². The maximum Gasteiger partial charge on any atom is 0.151 e. The fourth-order valence-electron chi connectivity index (χ4n) is 2.93. The van der Waals surface area contributed by atoms with Crippen LogP contribution in [0.2, 0.25) is 0 Å². The van der Waals surface area contributed by atoms with E-state index in [0.29, 0.717) is 12.0 Å². The van der Waals surface area contributed by atoms with Gasteiger partial charge in [-0.2, -0.15) is 0 Å². The summed E-state index contributed by atoms with van der Waals surface area (Å²) in [6.45, 7) is 2.14. The van der Waals surface area contributed by atoms with Crippen LogP contribution in [-0.4, -0.2) is 25.1 Å². The van der Waals surface area contributed by atoms with Crippen molar-refractivity contribution in [2.45, 2.75) is 31.7 Å². The molecule has 0 radical (unpaired) electrons. The van der Waals surface area contributed by atoms with Crippen LogP contribution in [0.5, 0.6) is 0 Å². The van der Waals surface area contributed by atoms with Crippen molar-refractivity contribution in [1.82, 2.24) is 4.98 Å². The summed E-state index contributed by atoms with van der Waals surface area (Å²) < 4.78 is 0. The molecular formula is C18H23N3. The highest BCUT2D eigenvalue weighted by Crippen LogP contribution is 2.39. The van der Waals surface area contributed by atoms with E-state index >= 15 is 0 Å². The number of benzene rings is 1. The summed E-state index contributed by atoms with van der Waals surface area (Å²) in [4.78, 5) is 6.49. The summed E-state index contributed by atoms with van der Waals surface area (Å²) in [6, 6.07) is 13.6. The third-order valence-electron chi connectivity index (χ3n) is 4.26. The minimum atomic E-state index is 0.555. The van der Waals surface area contributed by atoms with Crippen molar-refractivity contribution in [3.8, 4) is 0 Å². The molecule has 0 spiro atoms. The SMILES string of the molecule is Cc1ccc(C2CC(Nc3cccnc3N(C)C)C2)cc1. The van der Waals surface area contributed by atoms with Crippen molar-refractivity contribution >= 4 is 11.5 Å². The first-order chi connectivity index (χ1) is 10.1. The summed E-state index contributed by atoms with van der Waals surface area (Å²) in [6.07, 6.45) is 4.24. The molecule has 3 heteroatoms. The number of hydrogen-bond donors (Lipinski definition) is 1. The third-order valence-corrected chi connectivity index (χ3v) is 4.26. The third kappa shape index (κ3) is 3.02. The quantitative estimate of drug-likeness (QED) is 0.923. The standard InChI is InChI=1S/C18H23N3/c1-13-6-8-14(9-7-13)15-11-16(12-15)20-17-5-4-10-19-18(17)21(2)3/h4-10,15-16,20H,11-12H2,1-3H3. The fourth-order valence-corrected chi connectivity index (χ4v) is 2.93. The highest BCUT2D eigenvalue weighted by molar-refractivity contribution is 5.65. The van der Waals surface area contributed by atoms with Gasteiger partial charge in [0, 0.05) is 26.3 Å². The summed E-state index contributed by atoms with van der Waals surface area (Å²) in [7, 11) is 4.06. The Balaban J connectivity index is 1.61. The van der Waals surface area contributed by atoms with E-state index in [0.717, 1.165) is 11.5 Å². The van der Waals surface area contributed by atoms with Crippen LogP contribution in [0.15, 0.2) is 42.6 Å². The van der Waals surface area contributed by atoms with E-state index < -0.39 is 0 Å². The molecule has 1 saturated carbocycles. The lowest BCUT2D eigenvalue weighted by Gasteiger charge is -2.37. The second-order valence-corrected chi connectivity index (χ2v) is 6.19. The van der Waals surface area contributed by atoms with Gasteiger partial charge in [-0.15, -0.1) is 0 Å². The van der Waals surface area contributed by atoms with E-state index in [9.17, 15) is 0 Å². The van der Waals surface area contributed by atoms with E-state index in [1.165, 1.54) is 24.0 Å². The van der Waals surface area contributed by atoms with E-state index in [1.54, 1.807) is 0 Å². The number of anilines is 2. The van der Waals surface area contributed by atoms with Crippen LogP contribution in [0.1, 0.15) is 29.9 Å². The average Bonchev–Trinajstić information content (AvgIpc) is 2.44. The molecule has 2 aromatic rings. The van der Waals surface area contributed by atoms with Crippen molar-refractivity contribution in [3.63, 3.8) is 0 Å². The molecule has 1 N–H and O–H groups in total. The topological polar surface area (TPSA) is 28.2 Å². The zero-order valence-corrected chi connectivity index (χ0v) is 13.0. The molecule has 1 aliphatic carbocycles. The zero-order chi connectivity index (χ0) is 14.8. The number of nitrogens with one attached hydrogen (secondary N) is 1. The molecule has 3 nitrogen and oxygen atoms in total. The molecule has 0 bridgehead atoms. The highest BCUT2D eigenvalue weighted by Gasteiger charge is 2.30. The Kier molecular flexibility index (Phi) is 3.82. The lowest BCUT2D eigenvalue weighted by Crippen LogP contribution is -2.34. The van der Waals surface area contributed by atoms with Crippen LogP contribution in [0.3, 0.4) is 0 Å². The lowest BCUT2D eigenvalue weighted by molar-refractivity contribution is 0.374. The Hall–Kier alpha value is -2.03. The molecule has 1 heterocycles. The number of hydrogen-bond acceptors (Lipinski definition) is 3. The average molecular weight is 281 g/mol. The Morgan fingerprint density at radius 1 is 1.10 bits per heavy atom. The fraction of sp³-hybridized carbons (Fsp3) is 0.389. The highest BCUT2D eigenvalue weighted by atomic mass is 15.2. The van der Waals surface area contributed by atoms with Gasteiger partial charge in [0.2, 0.25) is 0 Å². The summed E-state index contributed by atoms with van der Waals surface area (Å²) >= 11 is 0. The van der Waals surface area contributed by atoms with Crippen molar-refractivity contribution in [3.05, 3.63) is 53.7 Å². The summed E-state index contributed by atoms with van der Waals surface area (Å²) in [5, 5.41) is 3.64. The Labute approximate surface area is 127 Å². The molecule has 0 aliphatic heterocycles. The van der Waals surface area contributed by atoms with Crippen molar-refractivity contribution in [2.24, 2.45) is 0 Å². The minimum absolute atomic E-state index is 0.555. The number of nitrogens with zero attached hydrogens (tertiary/aromatic N) is 2. The van der Waals surface area contributed by atoms with Gasteiger partial charge in [0.1, 0.15) is 0 Å². The largest absolute Gasteiger partial charge is 0.379 e. The van der Waals surface area contributed by atoms with Crippen LogP contribution < -0.4 is 10.2 Å². The Bertz CT molecular complexity index is 598. The first kappa shape index (κ1) is 13.9. The predicted molar refractivity (Wildman–Crippen MR) is 89.1 cm³/mol. The molecule has 21 heavy (non-hydrogen) atoms. The van der Waals surface area contributed by atoms with Gasteiger partial charge in [0.05, 0.1) is 5.69 Å². The molecule has 1 aromatic carbocycles. The maximum absolute atomic E-state index is 4.44. The molecule has 1 fully saturated rings. The zero-order valence-electron chi connectivity index (χ0n) is 13.0. The van der Waals surface area contributed by atoms with Gasteiger partial charge in [0.15, 0.2) is 5.82 Å². The number of rotatable bonds is 4. The molecule has 1 aromatic heterocycles. The molecule has 110 valence electrons. The normalized spacial score (nSPS) is 20.7. The minimum Gasteiger partial charge on any atom is -0.379 e. The monoisotopic (exact) mass is 281 g/mol. The van der Waals surface area contributed by atoms with Gasteiger partial charge < -0.3 is 10.2 Å². The molecular weight excluding hydrogens is 258 g/mol. The van der Waals surface area contributed by atoms with Crippen LogP contribution in [0.4, 0.5) is 11.5 Å². The lowest BCUT2D eigenvalue weighted by atomic mass is 9.75. The molecule has 0 amide bonds. The van der Waals surface area contributed by atoms with Crippen LogP contribution in [0, 0.1) is 6.92 Å². The molecule has 0 saturated heterocycles. The van der Waals surface area contributed by atoms with E-state index in [-0.39, 0.29) is 0 Å². The molecule has 3 rings (SSSR count). The maximum atomic E-state index is 4.44. The number of pyridine rings is 1. The van der Waals surface area contributed by atoms with Gasteiger partial charge in [-0.05, 0) is 43.4 Å². The first-order valence-electron chi connectivity index (χ1n) is 7.59. The second kappa shape index (κ2) is 5.76. The summed E-state index contributed by atoms with van der Waals surface area (Å²) in [5.41, 5.74) is 3.94. The van der Waals surface area contributed by atoms with Crippen LogP contribution in [-0.2, 0) is 0 Å². The van der Waals surface area contributed by atoms with Gasteiger partial charge >= 0.3 is 0 Å². The van der Waals surface area contributed by atoms with Crippen LogP contribution in [0.25, 0.3) is 0 Å². The van der Waals surface area contributed by atoms with E-state index in [4.69, 9.17) is 0 Å². The first-order valence-corrected chi connectivity index (χ1v) is 7.59. The predicted octanol–water partition coefficient (Wildman–Crippen LogP) is 3.81. The van der Waals surface area contributed by atoms with Gasteiger partial charge in [-0.1, -0.05) is 29.8 Å². The van der Waals surface area contributed by atoms with E-state index in [2.05, 4.69) is 52.5 Å². The summed E-state index contributed by atoms with van der Waals surface area (Å²) in [5.74, 6) is 1.71. The van der Waals surface area contributed by atoms with Crippen molar-refractivity contribution < 1.29 is 0 Å². The second-order valence-electron chi connectivity index (χ2n) is 6.19. The molecule has 1 aliphatic rings. The molecule has 0 unspecified atom stereocenters. The smallest absolute Gasteiger partial charge is 0.151 e. The van der Waals surface area contributed by atoms with Gasteiger partial charge in [0.25, 0.3) is 0 Å². The van der Waals surface area contributed by atoms with Crippen molar-refractivity contribution in [2.75, 3.05) is 24.3 Å². The van der Waals surface area contributed by atoms with Crippen molar-refractivity contribution in [1.29, 1.82) is 0 Å². The number of aromatic nitrogens is 1. The Morgan fingerprint density at radius 3 is 2.48 bits per heavy atom. The van der Waals surface area contributed by atoms with Crippen LogP contribution >= 0.6 is 0 Å². The number of aryl methyl sites for hydroxylation is 1.